The molecule has 2 rings (SSSR count). The van der Waals surface area contributed by atoms with Crippen LogP contribution in [-0.4, -0.2) is 60.8 Å². The first-order chi connectivity index (χ1) is 12.3. The van der Waals surface area contributed by atoms with Crippen molar-refractivity contribution in [2.75, 3.05) is 20.1 Å². The molecule has 0 saturated carbocycles. The summed E-state index contributed by atoms with van der Waals surface area (Å²) in [6.45, 7) is 2.69. The van der Waals surface area contributed by atoms with Crippen LogP contribution in [-0.2, 0) is 14.8 Å². The minimum absolute atomic E-state index is 0.0841. The van der Waals surface area contributed by atoms with Crippen molar-refractivity contribution in [1.29, 1.82) is 0 Å². The van der Waals surface area contributed by atoms with Crippen LogP contribution in [0.3, 0.4) is 0 Å². The molecule has 0 spiro atoms. The third-order valence-corrected chi connectivity index (χ3v) is 6.60. The summed E-state index contributed by atoms with van der Waals surface area (Å²) in [5.41, 5.74) is 0.0841. The number of benzene rings is 1. The number of piperidine rings is 1. The molecule has 0 bridgehead atoms. The SMILES string of the molecule is CCCCN(C)C(=O)c1ccccc1S(=O)(=O)N1CCCCC1C(=O)O. The molecule has 1 aliphatic rings. The van der Waals surface area contributed by atoms with E-state index in [0.29, 0.717) is 19.4 Å². The van der Waals surface area contributed by atoms with Crippen molar-refractivity contribution in [2.24, 2.45) is 0 Å². The van der Waals surface area contributed by atoms with E-state index in [1.54, 1.807) is 19.2 Å². The monoisotopic (exact) mass is 382 g/mol. The lowest BCUT2D eigenvalue weighted by Crippen LogP contribution is -2.48. The fraction of sp³-hybridized carbons (Fsp3) is 0.556. The molecule has 1 atom stereocenters. The van der Waals surface area contributed by atoms with Gasteiger partial charge in [-0.3, -0.25) is 9.59 Å². The van der Waals surface area contributed by atoms with Gasteiger partial charge in [0, 0.05) is 20.1 Å². The Hall–Kier alpha value is -1.93. The third-order valence-electron chi connectivity index (χ3n) is 4.64. The highest BCUT2D eigenvalue weighted by atomic mass is 32.2. The fourth-order valence-electron chi connectivity index (χ4n) is 3.14. The predicted molar refractivity (Wildman–Crippen MR) is 97.5 cm³/mol. The molecule has 0 aromatic heterocycles. The van der Waals surface area contributed by atoms with Gasteiger partial charge in [-0.15, -0.1) is 0 Å². The van der Waals surface area contributed by atoms with Gasteiger partial charge in [0.05, 0.1) is 10.5 Å². The molecule has 1 N–H and O–H groups in total. The maximum Gasteiger partial charge on any atom is 0.322 e. The van der Waals surface area contributed by atoms with E-state index in [-0.39, 0.29) is 29.3 Å². The van der Waals surface area contributed by atoms with Gasteiger partial charge < -0.3 is 10.0 Å². The Morgan fingerprint density at radius 1 is 1.27 bits per heavy atom. The van der Waals surface area contributed by atoms with Crippen molar-refractivity contribution in [3.8, 4) is 0 Å². The van der Waals surface area contributed by atoms with Gasteiger partial charge in [0.15, 0.2) is 0 Å². The second kappa shape index (κ2) is 8.64. The Bertz CT molecular complexity index is 763. The molecule has 1 unspecified atom stereocenters. The number of amides is 1. The standard InChI is InChI=1S/C18H26N2O5S/c1-3-4-12-19(2)17(21)14-9-5-6-11-16(14)26(24,25)20-13-8-7-10-15(20)18(22)23/h5-6,9,11,15H,3-4,7-8,10,12-13H2,1-2H3,(H,22,23). The zero-order valence-electron chi connectivity index (χ0n) is 15.2. The van der Waals surface area contributed by atoms with Crippen LogP contribution in [0.15, 0.2) is 29.2 Å². The lowest BCUT2D eigenvalue weighted by atomic mass is 10.1. The van der Waals surface area contributed by atoms with Gasteiger partial charge in [-0.05, 0) is 37.8 Å². The topological polar surface area (TPSA) is 95.0 Å². The average Bonchev–Trinajstić information content (AvgIpc) is 2.65. The van der Waals surface area contributed by atoms with Crippen LogP contribution >= 0.6 is 0 Å². The highest BCUT2D eigenvalue weighted by Crippen LogP contribution is 2.28. The summed E-state index contributed by atoms with van der Waals surface area (Å²) in [5, 5.41) is 9.40. The van der Waals surface area contributed by atoms with Gasteiger partial charge in [-0.25, -0.2) is 8.42 Å². The summed E-state index contributed by atoms with van der Waals surface area (Å²) >= 11 is 0. The van der Waals surface area contributed by atoms with Crippen LogP contribution in [0.25, 0.3) is 0 Å². The number of aliphatic carboxylic acids is 1. The molecule has 1 fully saturated rings. The van der Waals surface area contributed by atoms with E-state index >= 15 is 0 Å². The lowest BCUT2D eigenvalue weighted by molar-refractivity contribution is -0.142. The van der Waals surface area contributed by atoms with E-state index in [0.717, 1.165) is 17.1 Å². The normalized spacial score (nSPS) is 18.5. The van der Waals surface area contributed by atoms with Crippen LogP contribution in [0.5, 0.6) is 0 Å². The van der Waals surface area contributed by atoms with Crippen LogP contribution in [0.2, 0.25) is 0 Å². The molecule has 1 aromatic rings. The molecule has 1 aromatic carbocycles. The second-order valence-electron chi connectivity index (χ2n) is 6.54. The third kappa shape index (κ3) is 4.24. The Balaban J connectivity index is 2.41. The number of carboxylic acid groups (broad SMARTS) is 1. The highest BCUT2D eigenvalue weighted by Gasteiger charge is 2.39. The van der Waals surface area contributed by atoms with Crippen molar-refractivity contribution in [1.82, 2.24) is 9.21 Å². The van der Waals surface area contributed by atoms with Crippen molar-refractivity contribution in [3.05, 3.63) is 29.8 Å². The Labute approximate surface area is 154 Å². The van der Waals surface area contributed by atoms with Crippen LogP contribution in [0.4, 0.5) is 0 Å². The second-order valence-corrected chi connectivity index (χ2v) is 8.40. The molecule has 1 amide bonds. The maximum absolute atomic E-state index is 13.2. The Morgan fingerprint density at radius 2 is 1.96 bits per heavy atom. The molecule has 26 heavy (non-hydrogen) atoms. The van der Waals surface area contributed by atoms with Gasteiger partial charge in [-0.2, -0.15) is 4.31 Å². The van der Waals surface area contributed by atoms with Gasteiger partial charge in [0.2, 0.25) is 10.0 Å². The van der Waals surface area contributed by atoms with Gasteiger partial charge in [0.25, 0.3) is 5.91 Å². The number of sulfonamides is 1. The highest BCUT2D eigenvalue weighted by molar-refractivity contribution is 7.89. The van der Waals surface area contributed by atoms with E-state index in [9.17, 15) is 23.1 Å². The summed E-state index contributed by atoms with van der Waals surface area (Å²) in [7, 11) is -2.44. The van der Waals surface area contributed by atoms with Crippen molar-refractivity contribution in [2.45, 2.75) is 50.0 Å². The van der Waals surface area contributed by atoms with Crippen molar-refractivity contribution < 1.29 is 23.1 Å². The number of rotatable bonds is 7. The molecular weight excluding hydrogens is 356 g/mol. The molecule has 8 heteroatoms. The average molecular weight is 382 g/mol. The molecule has 7 nitrogen and oxygen atoms in total. The summed E-state index contributed by atoms with van der Waals surface area (Å²) in [6.07, 6.45) is 3.30. The molecule has 1 heterocycles. The van der Waals surface area contributed by atoms with E-state index in [1.165, 1.54) is 17.0 Å². The summed E-state index contributed by atoms with van der Waals surface area (Å²) in [5.74, 6) is -1.53. The number of nitrogens with zero attached hydrogens (tertiary/aromatic N) is 2. The van der Waals surface area contributed by atoms with Gasteiger partial charge >= 0.3 is 5.97 Å². The van der Waals surface area contributed by atoms with E-state index in [1.807, 2.05) is 6.92 Å². The predicted octanol–water partition coefficient (Wildman–Crippen LogP) is 2.19. The number of hydrogen-bond donors (Lipinski definition) is 1. The number of unbranched alkanes of at least 4 members (excludes halogenated alkanes) is 1. The Kier molecular flexibility index (Phi) is 6.77. The van der Waals surface area contributed by atoms with Gasteiger partial charge in [0.1, 0.15) is 6.04 Å². The van der Waals surface area contributed by atoms with Gasteiger partial charge in [-0.1, -0.05) is 25.5 Å². The van der Waals surface area contributed by atoms with E-state index < -0.39 is 22.0 Å². The first-order valence-electron chi connectivity index (χ1n) is 8.89. The fourth-order valence-corrected chi connectivity index (χ4v) is 4.97. The minimum atomic E-state index is -4.08. The minimum Gasteiger partial charge on any atom is -0.480 e. The smallest absolute Gasteiger partial charge is 0.322 e. The molecule has 0 aliphatic carbocycles. The first-order valence-corrected chi connectivity index (χ1v) is 10.3. The number of carbonyl (C=O) groups is 2. The zero-order valence-corrected chi connectivity index (χ0v) is 16.0. The summed E-state index contributed by atoms with van der Waals surface area (Å²) in [4.78, 5) is 25.6. The first kappa shape index (κ1) is 20.4. The maximum atomic E-state index is 13.2. The quantitative estimate of drug-likeness (QED) is 0.780. The molecule has 1 aliphatic heterocycles. The van der Waals surface area contributed by atoms with E-state index in [2.05, 4.69) is 0 Å². The summed E-state index contributed by atoms with van der Waals surface area (Å²) < 4.78 is 27.3. The van der Waals surface area contributed by atoms with Crippen molar-refractivity contribution >= 4 is 21.9 Å². The van der Waals surface area contributed by atoms with Crippen LogP contribution < -0.4 is 0 Å². The molecule has 1 saturated heterocycles. The van der Waals surface area contributed by atoms with E-state index in [4.69, 9.17) is 0 Å². The number of carboxylic acids is 1. The number of hydrogen-bond acceptors (Lipinski definition) is 4. The largest absolute Gasteiger partial charge is 0.480 e. The lowest BCUT2D eigenvalue weighted by Gasteiger charge is -2.32. The van der Waals surface area contributed by atoms with Crippen molar-refractivity contribution in [3.63, 3.8) is 0 Å². The summed E-state index contributed by atoms with van der Waals surface area (Å²) in [6, 6.07) is 4.94. The zero-order chi connectivity index (χ0) is 19.3. The molecular formula is C18H26N2O5S. The number of carbonyl (C=O) groups excluding carboxylic acids is 1. The van der Waals surface area contributed by atoms with Crippen LogP contribution in [0.1, 0.15) is 49.4 Å². The van der Waals surface area contributed by atoms with Crippen LogP contribution in [0, 0.1) is 0 Å². The Morgan fingerprint density at radius 3 is 2.62 bits per heavy atom. The molecule has 144 valence electrons. The molecule has 0 radical (unpaired) electrons.